The molecule has 3 amide bonds. The third-order valence-electron chi connectivity index (χ3n) is 4.80. The largest absolute Gasteiger partial charge is 0.417 e. The lowest BCUT2D eigenvalue weighted by Gasteiger charge is -2.28. The molecule has 1 heterocycles. The molecule has 150 valence electrons. The lowest BCUT2D eigenvalue weighted by Crippen LogP contribution is -2.43. The van der Waals surface area contributed by atoms with Crippen LogP contribution in [0.1, 0.15) is 30.5 Å². The number of nitriles is 1. The molecule has 1 fully saturated rings. The van der Waals surface area contributed by atoms with Gasteiger partial charge in [-0.1, -0.05) is 34.1 Å². The van der Waals surface area contributed by atoms with Crippen molar-refractivity contribution in [2.24, 2.45) is 0 Å². The zero-order chi connectivity index (χ0) is 21.6. The van der Waals surface area contributed by atoms with Crippen molar-refractivity contribution in [2.75, 3.05) is 4.90 Å². The highest BCUT2D eigenvalue weighted by Crippen LogP contribution is 2.38. The normalized spacial score (nSPS) is 16.3. The minimum absolute atomic E-state index is 0.0951. The average molecular weight is 466 g/mol. The molecule has 0 unspecified atom stereocenters. The molecule has 0 N–H and O–H groups in total. The van der Waals surface area contributed by atoms with Gasteiger partial charge in [-0.25, -0.2) is 9.69 Å². The van der Waals surface area contributed by atoms with Gasteiger partial charge in [-0.2, -0.15) is 18.4 Å². The van der Waals surface area contributed by atoms with Crippen LogP contribution in [-0.2, 0) is 17.5 Å². The second kappa shape index (κ2) is 7.19. The molecule has 9 heteroatoms. The van der Waals surface area contributed by atoms with Gasteiger partial charge < -0.3 is 4.90 Å². The molecule has 0 aliphatic carbocycles. The molecule has 29 heavy (non-hydrogen) atoms. The van der Waals surface area contributed by atoms with Gasteiger partial charge in [0.15, 0.2) is 0 Å². The summed E-state index contributed by atoms with van der Waals surface area (Å²) in [7, 11) is 0. The first-order chi connectivity index (χ1) is 13.5. The van der Waals surface area contributed by atoms with E-state index in [1.165, 1.54) is 17.0 Å². The van der Waals surface area contributed by atoms with Crippen LogP contribution >= 0.6 is 15.9 Å². The quantitative estimate of drug-likeness (QED) is 0.593. The van der Waals surface area contributed by atoms with Crippen LogP contribution < -0.4 is 4.90 Å². The van der Waals surface area contributed by atoms with E-state index in [-0.39, 0.29) is 12.2 Å². The molecular formula is C20H15BrF3N3O2. The molecule has 2 aromatic rings. The highest BCUT2D eigenvalue weighted by molar-refractivity contribution is 9.10. The fraction of sp³-hybridized carbons (Fsp3) is 0.250. The van der Waals surface area contributed by atoms with Gasteiger partial charge in [0.2, 0.25) is 0 Å². The van der Waals surface area contributed by atoms with Gasteiger partial charge in [-0.05, 0) is 43.7 Å². The molecule has 1 aliphatic rings. The summed E-state index contributed by atoms with van der Waals surface area (Å²) >= 11 is 3.39. The monoisotopic (exact) mass is 465 g/mol. The van der Waals surface area contributed by atoms with Crippen LogP contribution in [0.4, 0.5) is 23.7 Å². The van der Waals surface area contributed by atoms with E-state index in [9.17, 15) is 22.8 Å². The first-order valence-corrected chi connectivity index (χ1v) is 9.28. The summed E-state index contributed by atoms with van der Waals surface area (Å²) in [5.74, 6) is -0.646. The summed E-state index contributed by atoms with van der Waals surface area (Å²) in [5, 5.41) is 8.95. The molecule has 2 aromatic carbocycles. The van der Waals surface area contributed by atoms with Crippen molar-refractivity contribution in [2.45, 2.75) is 32.1 Å². The predicted molar refractivity (Wildman–Crippen MR) is 103 cm³/mol. The van der Waals surface area contributed by atoms with Crippen LogP contribution in [0.15, 0.2) is 46.9 Å². The minimum Gasteiger partial charge on any atom is -0.305 e. The fourth-order valence-electron chi connectivity index (χ4n) is 3.13. The van der Waals surface area contributed by atoms with Gasteiger partial charge in [0.1, 0.15) is 5.54 Å². The van der Waals surface area contributed by atoms with Gasteiger partial charge >= 0.3 is 12.2 Å². The smallest absolute Gasteiger partial charge is 0.305 e. The number of carbonyl (C=O) groups excluding carboxylic acids is 2. The number of hydrogen-bond acceptors (Lipinski definition) is 3. The standard InChI is InChI=1S/C20H15BrF3N3O2/c1-19(2)17(28)27(14-8-7-12(10-25)15(9-14)20(22,23)24)18(29)26(19)11-13-5-3-4-6-16(13)21/h3-9H,11H2,1-2H3. The van der Waals surface area contributed by atoms with Crippen molar-refractivity contribution in [3.63, 3.8) is 0 Å². The molecule has 0 atom stereocenters. The first kappa shape index (κ1) is 20.9. The van der Waals surface area contributed by atoms with Gasteiger partial charge in [-0.15, -0.1) is 0 Å². The topological polar surface area (TPSA) is 64.4 Å². The molecule has 0 bridgehead atoms. The van der Waals surface area contributed by atoms with Gasteiger partial charge in [0.25, 0.3) is 5.91 Å². The van der Waals surface area contributed by atoms with Gasteiger partial charge in [0.05, 0.1) is 22.9 Å². The Morgan fingerprint density at radius 3 is 2.38 bits per heavy atom. The Kier molecular flexibility index (Phi) is 5.17. The van der Waals surface area contributed by atoms with Gasteiger partial charge in [0, 0.05) is 11.0 Å². The van der Waals surface area contributed by atoms with E-state index >= 15 is 0 Å². The van der Waals surface area contributed by atoms with Crippen molar-refractivity contribution < 1.29 is 22.8 Å². The van der Waals surface area contributed by atoms with E-state index in [1.54, 1.807) is 38.1 Å². The SMILES string of the molecule is CC1(C)C(=O)N(c2ccc(C#N)c(C(F)(F)F)c2)C(=O)N1Cc1ccccc1Br. The second-order valence-electron chi connectivity index (χ2n) is 7.00. The number of imide groups is 1. The maximum absolute atomic E-state index is 13.3. The highest BCUT2D eigenvalue weighted by Gasteiger charge is 2.52. The van der Waals surface area contributed by atoms with Crippen LogP contribution in [0.2, 0.25) is 0 Å². The Morgan fingerprint density at radius 1 is 1.14 bits per heavy atom. The average Bonchev–Trinajstić information content (AvgIpc) is 2.82. The maximum Gasteiger partial charge on any atom is 0.417 e. The molecule has 1 aliphatic heterocycles. The lowest BCUT2D eigenvalue weighted by molar-refractivity contribution is -0.137. The third-order valence-corrected chi connectivity index (χ3v) is 5.57. The van der Waals surface area contributed by atoms with Crippen molar-refractivity contribution >= 4 is 33.6 Å². The zero-order valence-electron chi connectivity index (χ0n) is 15.4. The van der Waals surface area contributed by atoms with Gasteiger partial charge in [-0.3, -0.25) is 4.79 Å². The Labute approximate surface area is 173 Å². The van der Waals surface area contributed by atoms with E-state index in [1.807, 2.05) is 0 Å². The summed E-state index contributed by atoms with van der Waals surface area (Å²) in [6, 6.07) is 10.7. The molecule has 0 radical (unpaired) electrons. The third kappa shape index (κ3) is 3.60. The number of urea groups is 1. The highest BCUT2D eigenvalue weighted by atomic mass is 79.9. The number of anilines is 1. The Bertz CT molecular complexity index is 1040. The number of nitrogens with zero attached hydrogens (tertiary/aromatic N) is 3. The summed E-state index contributed by atoms with van der Waals surface area (Å²) in [6.07, 6.45) is -4.79. The molecule has 0 aromatic heterocycles. The molecular weight excluding hydrogens is 451 g/mol. The van der Waals surface area contributed by atoms with Crippen molar-refractivity contribution in [1.29, 1.82) is 5.26 Å². The number of halogens is 4. The fourth-order valence-corrected chi connectivity index (χ4v) is 3.54. The summed E-state index contributed by atoms with van der Waals surface area (Å²) < 4.78 is 40.6. The molecule has 1 saturated heterocycles. The second-order valence-corrected chi connectivity index (χ2v) is 7.85. The molecule has 3 rings (SSSR count). The number of hydrogen-bond donors (Lipinski definition) is 0. The lowest BCUT2D eigenvalue weighted by atomic mass is 10.0. The van der Waals surface area contributed by atoms with E-state index < -0.39 is 34.8 Å². The van der Waals surface area contributed by atoms with Crippen molar-refractivity contribution in [3.8, 4) is 6.07 Å². The zero-order valence-corrected chi connectivity index (χ0v) is 17.0. The predicted octanol–water partition coefficient (Wildman–Crippen LogP) is 5.09. The number of alkyl halides is 3. The van der Waals surface area contributed by atoms with Crippen LogP contribution in [0.5, 0.6) is 0 Å². The Morgan fingerprint density at radius 2 is 1.79 bits per heavy atom. The number of rotatable bonds is 3. The maximum atomic E-state index is 13.3. The van der Waals surface area contributed by atoms with Crippen LogP contribution in [-0.4, -0.2) is 22.4 Å². The van der Waals surface area contributed by atoms with Crippen LogP contribution in [0.25, 0.3) is 0 Å². The summed E-state index contributed by atoms with van der Waals surface area (Å²) in [4.78, 5) is 28.0. The van der Waals surface area contributed by atoms with E-state index in [0.717, 1.165) is 21.0 Å². The van der Waals surface area contributed by atoms with Crippen LogP contribution in [0.3, 0.4) is 0 Å². The molecule has 0 saturated carbocycles. The summed E-state index contributed by atoms with van der Waals surface area (Å²) in [6.45, 7) is 3.18. The van der Waals surface area contributed by atoms with E-state index in [0.29, 0.717) is 6.07 Å². The minimum atomic E-state index is -4.79. The Balaban J connectivity index is 2.04. The van der Waals surface area contributed by atoms with E-state index in [2.05, 4.69) is 15.9 Å². The number of amides is 3. The van der Waals surface area contributed by atoms with Crippen molar-refractivity contribution in [1.82, 2.24) is 4.90 Å². The Hall–Kier alpha value is -2.86. The number of carbonyl (C=O) groups is 2. The van der Waals surface area contributed by atoms with Crippen molar-refractivity contribution in [3.05, 3.63) is 63.6 Å². The molecule has 5 nitrogen and oxygen atoms in total. The van der Waals surface area contributed by atoms with E-state index in [4.69, 9.17) is 5.26 Å². The molecule has 0 spiro atoms. The summed E-state index contributed by atoms with van der Waals surface area (Å²) in [5.41, 5.74) is -2.52. The first-order valence-electron chi connectivity index (χ1n) is 8.49. The van der Waals surface area contributed by atoms with Crippen LogP contribution in [0, 0.1) is 11.3 Å². The number of benzene rings is 2.